The molecule has 0 spiro atoms. The monoisotopic (exact) mass is 249 g/mol. The molecule has 2 heteroatoms. The average Bonchev–Trinajstić information content (AvgIpc) is 2.29. The molecular formula is C16H27NO. The minimum Gasteiger partial charge on any atom is -0.494 e. The van der Waals surface area contributed by atoms with E-state index >= 15 is 0 Å². The molecule has 0 aliphatic rings. The smallest absolute Gasteiger partial charge is 0.119 e. The van der Waals surface area contributed by atoms with Crippen LogP contribution in [0.3, 0.4) is 0 Å². The van der Waals surface area contributed by atoms with Crippen LogP contribution in [0.1, 0.15) is 46.6 Å². The Kier molecular flexibility index (Phi) is 5.67. The average molecular weight is 249 g/mol. The number of hydrogen-bond acceptors (Lipinski definition) is 2. The Hall–Kier alpha value is -1.02. The topological polar surface area (TPSA) is 21.3 Å². The van der Waals surface area contributed by atoms with Gasteiger partial charge in [-0.25, -0.2) is 0 Å². The fourth-order valence-corrected chi connectivity index (χ4v) is 1.86. The van der Waals surface area contributed by atoms with Gasteiger partial charge in [0.15, 0.2) is 0 Å². The summed E-state index contributed by atoms with van der Waals surface area (Å²) in [7, 11) is 0. The molecule has 1 unspecified atom stereocenters. The minimum atomic E-state index is 0.177. The van der Waals surface area contributed by atoms with Crippen LogP contribution in [0.5, 0.6) is 5.75 Å². The summed E-state index contributed by atoms with van der Waals surface area (Å²) in [6.07, 6.45) is 1.04. The summed E-state index contributed by atoms with van der Waals surface area (Å²) < 4.78 is 5.82. The van der Waals surface area contributed by atoms with E-state index in [0.717, 1.165) is 25.3 Å². The van der Waals surface area contributed by atoms with E-state index in [9.17, 15) is 0 Å². The lowest BCUT2D eigenvalue weighted by Crippen LogP contribution is -2.27. The number of nitrogens with one attached hydrogen (secondary N) is 1. The molecule has 0 radical (unpaired) electrons. The second-order valence-corrected chi connectivity index (χ2v) is 5.87. The van der Waals surface area contributed by atoms with Crippen molar-refractivity contribution < 1.29 is 4.74 Å². The molecule has 0 aromatic heterocycles. The largest absolute Gasteiger partial charge is 0.494 e. The van der Waals surface area contributed by atoms with E-state index in [4.69, 9.17) is 4.74 Å². The lowest BCUT2D eigenvalue weighted by atomic mass is 9.87. The van der Waals surface area contributed by atoms with Crippen molar-refractivity contribution in [2.24, 2.45) is 0 Å². The predicted molar refractivity (Wildman–Crippen MR) is 78.4 cm³/mol. The van der Waals surface area contributed by atoms with E-state index in [1.807, 2.05) is 6.07 Å². The zero-order chi connectivity index (χ0) is 13.6. The maximum absolute atomic E-state index is 5.82. The number of ether oxygens (including phenoxy) is 1. The van der Waals surface area contributed by atoms with Gasteiger partial charge in [-0.15, -0.1) is 0 Å². The summed E-state index contributed by atoms with van der Waals surface area (Å²) in [5.41, 5.74) is 1.50. The maximum atomic E-state index is 5.82. The van der Waals surface area contributed by atoms with Gasteiger partial charge >= 0.3 is 0 Å². The van der Waals surface area contributed by atoms with Crippen LogP contribution >= 0.6 is 0 Å². The Balaban J connectivity index is 2.48. The highest BCUT2D eigenvalue weighted by atomic mass is 16.5. The molecule has 0 aliphatic heterocycles. The van der Waals surface area contributed by atoms with Crippen molar-refractivity contribution in [2.45, 2.75) is 52.5 Å². The van der Waals surface area contributed by atoms with E-state index in [1.54, 1.807) is 0 Å². The van der Waals surface area contributed by atoms with Crippen molar-refractivity contribution >= 4 is 0 Å². The molecule has 1 aromatic rings. The first kappa shape index (κ1) is 15.0. The normalized spacial score (nSPS) is 13.4. The van der Waals surface area contributed by atoms with Crippen LogP contribution in [0.4, 0.5) is 0 Å². The SMILES string of the molecule is CCNC(C)CCOc1cccc(C(C)(C)C)c1. The Labute approximate surface area is 112 Å². The quantitative estimate of drug-likeness (QED) is 0.829. The Bertz CT molecular complexity index is 354. The highest BCUT2D eigenvalue weighted by Crippen LogP contribution is 2.25. The molecule has 0 saturated carbocycles. The van der Waals surface area contributed by atoms with Crippen LogP contribution in [-0.4, -0.2) is 19.2 Å². The molecule has 18 heavy (non-hydrogen) atoms. The molecule has 0 fully saturated rings. The first-order chi connectivity index (χ1) is 8.43. The van der Waals surface area contributed by atoms with Gasteiger partial charge in [-0.2, -0.15) is 0 Å². The molecule has 1 N–H and O–H groups in total. The fourth-order valence-electron chi connectivity index (χ4n) is 1.86. The summed E-state index contributed by atoms with van der Waals surface area (Å²) in [6.45, 7) is 12.8. The van der Waals surface area contributed by atoms with Gasteiger partial charge in [0.25, 0.3) is 0 Å². The molecule has 2 nitrogen and oxygen atoms in total. The highest BCUT2D eigenvalue weighted by molar-refractivity contribution is 5.32. The first-order valence-electron chi connectivity index (χ1n) is 6.90. The fraction of sp³-hybridized carbons (Fsp3) is 0.625. The van der Waals surface area contributed by atoms with E-state index in [0.29, 0.717) is 6.04 Å². The number of rotatable bonds is 6. The van der Waals surface area contributed by atoms with Gasteiger partial charge in [-0.1, -0.05) is 39.8 Å². The number of benzene rings is 1. The molecular weight excluding hydrogens is 222 g/mol. The molecule has 0 aliphatic carbocycles. The standard InChI is InChI=1S/C16H27NO/c1-6-17-13(2)10-11-18-15-9-7-8-14(12-15)16(3,4)5/h7-9,12-13,17H,6,10-11H2,1-5H3. The van der Waals surface area contributed by atoms with E-state index < -0.39 is 0 Å². The molecule has 0 saturated heterocycles. The van der Waals surface area contributed by atoms with Crippen LogP contribution in [0.25, 0.3) is 0 Å². The summed E-state index contributed by atoms with van der Waals surface area (Å²) in [6, 6.07) is 8.93. The van der Waals surface area contributed by atoms with E-state index in [1.165, 1.54) is 5.56 Å². The molecule has 102 valence electrons. The van der Waals surface area contributed by atoms with Crippen molar-refractivity contribution in [3.8, 4) is 5.75 Å². The maximum Gasteiger partial charge on any atom is 0.119 e. The Morgan fingerprint density at radius 1 is 1.28 bits per heavy atom. The third-order valence-corrected chi connectivity index (χ3v) is 3.07. The van der Waals surface area contributed by atoms with Crippen molar-refractivity contribution in [1.29, 1.82) is 0 Å². The molecule has 1 atom stereocenters. The Morgan fingerprint density at radius 3 is 2.61 bits per heavy atom. The Morgan fingerprint density at radius 2 is 2.00 bits per heavy atom. The third-order valence-electron chi connectivity index (χ3n) is 3.07. The first-order valence-corrected chi connectivity index (χ1v) is 6.90. The molecule has 0 amide bonds. The summed E-state index contributed by atoms with van der Waals surface area (Å²) in [5, 5.41) is 3.39. The predicted octanol–water partition coefficient (Wildman–Crippen LogP) is 3.75. The second kappa shape index (κ2) is 6.79. The van der Waals surface area contributed by atoms with Gasteiger partial charge in [0, 0.05) is 6.04 Å². The van der Waals surface area contributed by atoms with Crippen molar-refractivity contribution in [1.82, 2.24) is 5.32 Å². The van der Waals surface area contributed by atoms with Gasteiger partial charge in [-0.05, 0) is 43.0 Å². The van der Waals surface area contributed by atoms with Gasteiger partial charge < -0.3 is 10.1 Å². The molecule has 0 heterocycles. The van der Waals surface area contributed by atoms with Crippen molar-refractivity contribution in [3.05, 3.63) is 29.8 Å². The molecule has 1 aromatic carbocycles. The van der Waals surface area contributed by atoms with E-state index in [2.05, 4.69) is 58.1 Å². The van der Waals surface area contributed by atoms with Crippen LogP contribution in [0, 0.1) is 0 Å². The summed E-state index contributed by atoms with van der Waals surface area (Å²) >= 11 is 0. The third kappa shape index (κ3) is 5.09. The zero-order valence-corrected chi connectivity index (χ0v) is 12.4. The number of hydrogen-bond donors (Lipinski definition) is 1. The van der Waals surface area contributed by atoms with Crippen LogP contribution in [0.15, 0.2) is 24.3 Å². The summed E-state index contributed by atoms with van der Waals surface area (Å²) in [4.78, 5) is 0. The molecule has 0 bridgehead atoms. The zero-order valence-electron chi connectivity index (χ0n) is 12.4. The lowest BCUT2D eigenvalue weighted by molar-refractivity contribution is 0.290. The van der Waals surface area contributed by atoms with Gasteiger partial charge in [0.2, 0.25) is 0 Å². The van der Waals surface area contributed by atoms with Gasteiger partial charge in [-0.3, -0.25) is 0 Å². The van der Waals surface area contributed by atoms with Crippen LogP contribution < -0.4 is 10.1 Å². The minimum absolute atomic E-state index is 0.177. The van der Waals surface area contributed by atoms with E-state index in [-0.39, 0.29) is 5.41 Å². The van der Waals surface area contributed by atoms with Crippen LogP contribution in [0.2, 0.25) is 0 Å². The van der Waals surface area contributed by atoms with Gasteiger partial charge in [0.05, 0.1) is 6.61 Å². The molecule has 1 rings (SSSR count). The van der Waals surface area contributed by atoms with Gasteiger partial charge in [0.1, 0.15) is 5.75 Å². The summed E-state index contributed by atoms with van der Waals surface area (Å²) in [5.74, 6) is 0.978. The van der Waals surface area contributed by atoms with Crippen molar-refractivity contribution in [2.75, 3.05) is 13.2 Å². The van der Waals surface area contributed by atoms with Crippen molar-refractivity contribution in [3.63, 3.8) is 0 Å². The highest BCUT2D eigenvalue weighted by Gasteiger charge is 2.13. The van der Waals surface area contributed by atoms with Crippen LogP contribution in [-0.2, 0) is 5.41 Å². The second-order valence-electron chi connectivity index (χ2n) is 5.87. The lowest BCUT2D eigenvalue weighted by Gasteiger charge is -2.20.